The summed E-state index contributed by atoms with van der Waals surface area (Å²) in [6.07, 6.45) is 8.63. The molecule has 5 nitrogen and oxygen atoms in total. The van der Waals surface area contributed by atoms with Gasteiger partial charge in [0.1, 0.15) is 0 Å². The van der Waals surface area contributed by atoms with Gasteiger partial charge in [0.25, 0.3) is 5.91 Å². The first kappa shape index (κ1) is 20.5. The zero-order valence-electron chi connectivity index (χ0n) is 17.5. The lowest BCUT2D eigenvalue weighted by molar-refractivity contribution is 0.0951. The molecule has 2 aliphatic rings. The molecule has 0 atom stereocenters. The fourth-order valence-corrected chi connectivity index (χ4v) is 4.51. The number of nitrogens with zero attached hydrogens (tertiary/aromatic N) is 1. The van der Waals surface area contributed by atoms with E-state index in [0.717, 1.165) is 37.2 Å². The predicted octanol–water partition coefficient (Wildman–Crippen LogP) is 5.29. The van der Waals surface area contributed by atoms with Crippen molar-refractivity contribution >= 4 is 17.6 Å². The summed E-state index contributed by atoms with van der Waals surface area (Å²) in [5.74, 6) is 0.575. The standard InChI is InChI=1S/C25H31N3O2/c29-24(22-13-11-21(12-14-22)20-8-2-1-3-9-20)26-18-19-7-6-10-23(17-19)27-25(30)28-15-4-5-16-28/h6-7,10-14,17,20H,1-5,8-9,15-16,18H2,(H,26,29)(H,27,30). The second kappa shape index (κ2) is 9.79. The Hall–Kier alpha value is -2.82. The average Bonchev–Trinajstić information content (AvgIpc) is 3.34. The van der Waals surface area contributed by atoms with Crippen molar-refractivity contribution in [3.63, 3.8) is 0 Å². The first-order valence-corrected chi connectivity index (χ1v) is 11.2. The molecule has 0 aromatic heterocycles. The lowest BCUT2D eigenvalue weighted by Gasteiger charge is -2.22. The molecule has 0 spiro atoms. The topological polar surface area (TPSA) is 61.4 Å². The molecule has 2 fully saturated rings. The molecule has 2 N–H and O–H groups in total. The number of urea groups is 1. The summed E-state index contributed by atoms with van der Waals surface area (Å²) in [6, 6.07) is 15.7. The molecule has 1 saturated carbocycles. The number of nitrogens with one attached hydrogen (secondary N) is 2. The van der Waals surface area contributed by atoms with Gasteiger partial charge in [0.2, 0.25) is 0 Å². The number of hydrogen-bond donors (Lipinski definition) is 2. The Kier molecular flexibility index (Phi) is 6.67. The summed E-state index contributed by atoms with van der Waals surface area (Å²) in [6.45, 7) is 2.07. The first-order chi connectivity index (χ1) is 14.7. The lowest BCUT2D eigenvalue weighted by Crippen LogP contribution is -2.32. The van der Waals surface area contributed by atoms with E-state index in [0.29, 0.717) is 18.0 Å². The summed E-state index contributed by atoms with van der Waals surface area (Å²) < 4.78 is 0. The van der Waals surface area contributed by atoms with Gasteiger partial charge in [-0.3, -0.25) is 4.79 Å². The molecule has 1 saturated heterocycles. The molecule has 3 amide bonds. The Morgan fingerprint density at radius 3 is 2.37 bits per heavy atom. The van der Waals surface area contributed by atoms with Crippen molar-refractivity contribution in [3.8, 4) is 0 Å². The van der Waals surface area contributed by atoms with Gasteiger partial charge in [0.15, 0.2) is 0 Å². The smallest absolute Gasteiger partial charge is 0.321 e. The highest BCUT2D eigenvalue weighted by Gasteiger charge is 2.18. The number of likely N-dealkylation sites (tertiary alicyclic amines) is 1. The zero-order valence-corrected chi connectivity index (χ0v) is 17.5. The molecule has 0 bridgehead atoms. The van der Waals surface area contributed by atoms with Crippen LogP contribution in [0.25, 0.3) is 0 Å². The third kappa shape index (κ3) is 5.21. The molecular weight excluding hydrogens is 374 g/mol. The van der Waals surface area contributed by atoms with Crippen LogP contribution in [0.15, 0.2) is 48.5 Å². The summed E-state index contributed by atoms with van der Waals surface area (Å²) in [7, 11) is 0. The maximum absolute atomic E-state index is 12.6. The third-order valence-electron chi connectivity index (χ3n) is 6.27. The molecule has 1 heterocycles. The molecule has 0 radical (unpaired) electrons. The van der Waals surface area contributed by atoms with Gasteiger partial charge in [0, 0.05) is 30.9 Å². The molecule has 0 unspecified atom stereocenters. The highest BCUT2D eigenvalue weighted by molar-refractivity contribution is 5.94. The third-order valence-corrected chi connectivity index (χ3v) is 6.27. The quantitative estimate of drug-likeness (QED) is 0.710. The van der Waals surface area contributed by atoms with Crippen molar-refractivity contribution in [2.75, 3.05) is 18.4 Å². The summed E-state index contributed by atoms with van der Waals surface area (Å²) in [4.78, 5) is 26.7. The van der Waals surface area contributed by atoms with Crippen LogP contribution in [0.5, 0.6) is 0 Å². The van der Waals surface area contributed by atoms with Crippen LogP contribution < -0.4 is 10.6 Å². The number of carbonyl (C=O) groups is 2. The highest BCUT2D eigenvalue weighted by atomic mass is 16.2. The van der Waals surface area contributed by atoms with E-state index in [1.807, 2.05) is 41.3 Å². The van der Waals surface area contributed by atoms with E-state index in [9.17, 15) is 9.59 Å². The fraction of sp³-hybridized carbons (Fsp3) is 0.440. The summed E-state index contributed by atoms with van der Waals surface area (Å²) in [5, 5.41) is 5.94. The number of carbonyl (C=O) groups excluding carboxylic acids is 2. The minimum atomic E-state index is -0.0725. The normalized spacial score (nSPS) is 17.0. The largest absolute Gasteiger partial charge is 0.348 e. The second-order valence-corrected chi connectivity index (χ2v) is 8.46. The van der Waals surface area contributed by atoms with E-state index in [1.165, 1.54) is 37.7 Å². The molecule has 2 aromatic rings. The minimum Gasteiger partial charge on any atom is -0.348 e. The van der Waals surface area contributed by atoms with Crippen molar-refractivity contribution in [1.82, 2.24) is 10.2 Å². The minimum absolute atomic E-state index is 0.0493. The van der Waals surface area contributed by atoms with Gasteiger partial charge in [-0.15, -0.1) is 0 Å². The van der Waals surface area contributed by atoms with E-state index in [2.05, 4.69) is 22.8 Å². The zero-order chi connectivity index (χ0) is 20.8. The van der Waals surface area contributed by atoms with Crippen LogP contribution in [-0.4, -0.2) is 29.9 Å². The van der Waals surface area contributed by atoms with Crippen molar-refractivity contribution in [2.45, 2.75) is 57.4 Å². The van der Waals surface area contributed by atoms with Crippen LogP contribution in [0.3, 0.4) is 0 Å². The van der Waals surface area contributed by atoms with Crippen LogP contribution in [0.2, 0.25) is 0 Å². The van der Waals surface area contributed by atoms with Crippen LogP contribution in [0.1, 0.15) is 72.3 Å². The van der Waals surface area contributed by atoms with Gasteiger partial charge >= 0.3 is 6.03 Å². The number of rotatable bonds is 5. The van der Waals surface area contributed by atoms with Crippen LogP contribution >= 0.6 is 0 Å². The van der Waals surface area contributed by atoms with E-state index >= 15 is 0 Å². The van der Waals surface area contributed by atoms with Gasteiger partial charge in [-0.1, -0.05) is 43.5 Å². The molecule has 158 valence electrons. The molecule has 4 rings (SSSR count). The van der Waals surface area contributed by atoms with Crippen molar-refractivity contribution in [3.05, 3.63) is 65.2 Å². The fourth-order valence-electron chi connectivity index (χ4n) is 4.51. The van der Waals surface area contributed by atoms with Crippen molar-refractivity contribution in [1.29, 1.82) is 0 Å². The average molecular weight is 406 g/mol. The Bertz CT molecular complexity index is 866. The predicted molar refractivity (Wildman–Crippen MR) is 120 cm³/mol. The maximum Gasteiger partial charge on any atom is 0.321 e. The van der Waals surface area contributed by atoms with Gasteiger partial charge in [0.05, 0.1) is 0 Å². The van der Waals surface area contributed by atoms with Gasteiger partial charge < -0.3 is 15.5 Å². The van der Waals surface area contributed by atoms with Crippen molar-refractivity contribution in [2.24, 2.45) is 0 Å². The van der Waals surface area contributed by atoms with Gasteiger partial charge in [-0.2, -0.15) is 0 Å². The van der Waals surface area contributed by atoms with E-state index in [4.69, 9.17) is 0 Å². The summed E-state index contributed by atoms with van der Waals surface area (Å²) >= 11 is 0. The maximum atomic E-state index is 12.6. The second-order valence-electron chi connectivity index (χ2n) is 8.46. The van der Waals surface area contributed by atoms with Gasteiger partial charge in [-0.05, 0) is 67.0 Å². The molecule has 1 aliphatic heterocycles. The number of hydrogen-bond acceptors (Lipinski definition) is 2. The molecule has 2 aromatic carbocycles. The highest BCUT2D eigenvalue weighted by Crippen LogP contribution is 2.32. The summed E-state index contributed by atoms with van der Waals surface area (Å²) in [5.41, 5.74) is 3.76. The lowest BCUT2D eigenvalue weighted by atomic mass is 9.84. The molecule has 1 aliphatic carbocycles. The Morgan fingerprint density at radius 2 is 1.63 bits per heavy atom. The van der Waals surface area contributed by atoms with Crippen LogP contribution in [0.4, 0.5) is 10.5 Å². The molecular formula is C25H31N3O2. The van der Waals surface area contributed by atoms with Crippen LogP contribution in [-0.2, 0) is 6.54 Å². The number of benzene rings is 2. The Morgan fingerprint density at radius 1 is 0.900 bits per heavy atom. The van der Waals surface area contributed by atoms with E-state index in [-0.39, 0.29) is 11.9 Å². The van der Waals surface area contributed by atoms with E-state index in [1.54, 1.807) is 0 Å². The van der Waals surface area contributed by atoms with Gasteiger partial charge in [-0.25, -0.2) is 4.79 Å². The molecule has 5 heteroatoms. The molecule has 30 heavy (non-hydrogen) atoms. The van der Waals surface area contributed by atoms with Crippen LogP contribution in [0, 0.1) is 0 Å². The SMILES string of the molecule is O=C(NCc1cccc(NC(=O)N2CCCC2)c1)c1ccc(C2CCCCC2)cc1. The van der Waals surface area contributed by atoms with E-state index < -0.39 is 0 Å². The number of anilines is 1. The monoisotopic (exact) mass is 405 g/mol. The Labute approximate surface area is 178 Å². The van der Waals surface area contributed by atoms with Crippen molar-refractivity contribution < 1.29 is 9.59 Å². The number of amides is 3. The Balaban J connectivity index is 1.30. The first-order valence-electron chi connectivity index (χ1n) is 11.2.